The molecule has 0 aromatic rings. The largest absolute Gasteiger partial charge is 0.465 e. The van der Waals surface area contributed by atoms with Crippen LogP contribution in [-0.4, -0.2) is 159 Å². The molecule has 32 heteroatoms. The van der Waals surface area contributed by atoms with E-state index >= 15 is 0 Å². The molecule has 0 amide bonds. The summed E-state index contributed by atoms with van der Waals surface area (Å²) in [5.41, 5.74) is 0.215. The van der Waals surface area contributed by atoms with Crippen molar-refractivity contribution in [3.63, 3.8) is 0 Å². The molecule has 348 valence electrons. The number of hydrogen-bond donors (Lipinski definition) is 10. The van der Waals surface area contributed by atoms with Gasteiger partial charge in [-0.05, 0) is 39.0 Å². The minimum absolute atomic E-state index is 0.0281. The van der Waals surface area contributed by atoms with Gasteiger partial charge in [0.05, 0.1) is 31.7 Å². The molecule has 1 aliphatic rings. The van der Waals surface area contributed by atoms with Gasteiger partial charge in [0.25, 0.3) is 0 Å². The number of hydrogen-bond acceptors (Lipinski definition) is 16. The highest BCUT2D eigenvalue weighted by Gasteiger charge is 2.41. The van der Waals surface area contributed by atoms with E-state index in [9.17, 15) is 51.6 Å². The Morgan fingerprint density at radius 3 is 1.46 bits per heavy atom. The van der Waals surface area contributed by atoms with Crippen molar-refractivity contribution in [1.82, 2.24) is 14.7 Å². The van der Waals surface area contributed by atoms with E-state index in [1.165, 1.54) is 11.8 Å². The lowest BCUT2D eigenvalue weighted by Crippen LogP contribution is -2.32. The normalized spacial score (nSPS) is 20.3. The summed E-state index contributed by atoms with van der Waals surface area (Å²) in [7, 11) is -26.4. The summed E-state index contributed by atoms with van der Waals surface area (Å²) in [6.07, 6.45) is -3.20. The maximum Gasteiger partial charge on any atom is 0.349 e. The van der Waals surface area contributed by atoms with Gasteiger partial charge < -0.3 is 63.1 Å². The molecule has 10 N–H and O–H groups in total. The predicted octanol–water partition coefficient (Wildman–Crippen LogP) is 1.16. The van der Waals surface area contributed by atoms with Crippen LogP contribution in [0.5, 0.6) is 0 Å². The highest BCUT2D eigenvalue weighted by Crippen LogP contribution is 2.63. The average molecular weight is 978 g/mol. The zero-order valence-electron chi connectivity index (χ0n) is 32.7. The number of esters is 3. The van der Waals surface area contributed by atoms with Crippen LogP contribution < -0.4 is 0 Å². The van der Waals surface area contributed by atoms with Crippen LogP contribution in [0.25, 0.3) is 0 Å². The minimum atomic E-state index is -4.57. The zero-order valence-corrected chi connectivity index (χ0v) is 38.1. The van der Waals surface area contributed by atoms with E-state index < -0.39 is 113 Å². The summed E-state index contributed by atoms with van der Waals surface area (Å²) in [5, 5.41) is 0. The Bertz CT molecular complexity index is 1600. The molecule has 59 heavy (non-hydrogen) atoms. The van der Waals surface area contributed by atoms with Crippen LogP contribution in [-0.2, 0) is 60.3 Å². The van der Waals surface area contributed by atoms with E-state index in [0.29, 0.717) is 6.42 Å². The first kappa shape index (κ1) is 58.0. The standard InChI is InChI=1S/C18H38N2O15P4.C9H19NO8P2/c1-3-16(18(22)34-9-4-6-19(11-36(23,24)25)12-37(26,27)28)10-15(2)17(21)33-8-5-7-20-13-38(29,30)35-39(31,32)14-20;1-8(2)9(11)18-5-3-4-10(6-19(12,13)14)7-20(15,16)17/h15-16H,3-14H2,1-2H3,(H,29,30)(H,31,32)(H2,23,24,25)(H2,26,27,28);1,3-7H2,2H3,(H2,12,13,14)(H2,15,16,17). The number of nitrogens with zero attached hydrogens (tertiary/aromatic N) is 3. The number of carbonyl (C=O) groups is 3. The summed E-state index contributed by atoms with van der Waals surface area (Å²) in [4.78, 5) is 130. The Labute approximate surface area is 340 Å². The van der Waals surface area contributed by atoms with Gasteiger partial charge in [0.15, 0.2) is 0 Å². The van der Waals surface area contributed by atoms with Gasteiger partial charge in [0.2, 0.25) is 0 Å². The first-order chi connectivity index (χ1) is 26.6. The summed E-state index contributed by atoms with van der Waals surface area (Å²) in [6, 6.07) is 0. The van der Waals surface area contributed by atoms with Crippen molar-refractivity contribution in [2.24, 2.45) is 11.8 Å². The van der Waals surface area contributed by atoms with E-state index in [1.807, 2.05) is 0 Å². The highest BCUT2D eigenvalue weighted by atomic mass is 31.3. The highest BCUT2D eigenvalue weighted by molar-refractivity contribution is 7.66. The number of carbonyl (C=O) groups excluding carboxylic acids is 3. The molecule has 0 bridgehead atoms. The molecule has 0 saturated carbocycles. The van der Waals surface area contributed by atoms with Crippen LogP contribution in [0.2, 0.25) is 0 Å². The number of rotatable bonds is 26. The van der Waals surface area contributed by atoms with Gasteiger partial charge in [0, 0.05) is 25.2 Å². The molecule has 0 aromatic heterocycles. The second-order valence-electron chi connectivity index (χ2n) is 13.6. The zero-order chi connectivity index (χ0) is 46.0. The average Bonchev–Trinajstić information content (AvgIpc) is 3.01. The second kappa shape index (κ2) is 25.9. The molecular formula is C27H57N3O23P6. The van der Waals surface area contributed by atoms with Gasteiger partial charge in [-0.2, -0.15) is 0 Å². The fourth-order valence-corrected chi connectivity index (χ4v) is 12.1. The number of ether oxygens (including phenoxy) is 3. The van der Waals surface area contributed by atoms with Crippen molar-refractivity contribution >= 4 is 63.5 Å². The summed E-state index contributed by atoms with van der Waals surface area (Å²) in [6.45, 7) is 7.80. The molecule has 4 unspecified atom stereocenters. The van der Waals surface area contributed by atoms with Crippen molar-refractivity contribution in [1.29, 1.82) is 0 Å². The summed E-state index contributed by atoms with van der Waals surface area (Å²) >= 11 is 0. The van der Waals surface area contributed by atoms with Crippen LogP contribution in [0, 0.1) is 11.8 Å². The third-order valence-corrected chi connectivity index (χ3v) is 14.0. The molecule has 1 aliphatic heterocycles. The Morgan fingerprint density at radius 1 is 0.712 bits per heavy atom. The lowest BCUT2D eigenvalue weighted by molar-refractivity contribution is -0.152. The van der Waals surface area contributed by atoms with E-state index in [-0.39, 0.29) is 70.7 Å². The van der Waals surface area contributed by atoms with Crippen LogP contribution in [0.3, 0.4) is 0 Å². The van der Waals surface area contributed by atoms with Crippen molar-refractivity contribution in [2.75, 3.05) is 77.2 Å². The molecule has 1 rings (SSSR count). The molecule has 1 heterocycles. The van der Waals surface area contributed by atoms with Crippen molar-refractivity contribution in [3.8, 4) is 0 Å². The van der Waals surface area contributed by atoms with Gasteiger partial charge in [0.1, 0.15) is 37.7 Å². The smallest absolute Gasteiger partial charge is 0.349 e. The van der Waals surface area contributed by atoms with E-state index in [0.717, 1.165) is 9.80 Å². The third-order valence-electron chi connectivity index (χ3n) is 7.34. The van der Waals surface area contributed by atoms with Gasteiger partial charge in [-0.1, -0.05) is 20.4 Å². The Balaban J connectivity index is 0.00000141. The van der Waals surface area contributed by atoms with E-state index in [1.54, 1.807) is 13.8 Å². The fourth-order valence-electron chi connectivity index (χ4n) is 5.07. The van der Waals surface area contributed by atoms with Crippen molar-refractivity contribution < 1.29 is 109 Å². The summed E-state index contributed by atoms with van der Waals surface area (Å²) < 4.78 is 86.9. The second-order valence-corrected chi connectivity index (χ2v) is 23.8. The van der Waals surface area contributed by atoms with Crippen LogP contribution in [0.15, 0.2) is 12.2 Å². The van der Waals surface area contributed by atoms with Crippen molar-refractivity contribution in [2.45, 2.75) is 52.9 Å². The fraction of sp³-hybridized carbons (Fsp3) is 0.815. The quantitative estimate of drug-likeness (QED) is 0.0191. The predicted molar refractivity (Wildman–Crippen MR) is 207 cm³/mol. The Kier molecular flexibility index (Phi) is 25.5. The summed E-state index contributed by atoms with van der Waals surface area (Å²) in [5.74, 6) is -3.12. The monoisotopic (exact) mass is 977 g/mol. The van der Waals surface area contributed by atoms with Gasteiger partial charge in [-0.3, -0.25) is 51.7 Å². The van der Waals surface area contributed by atoms with Gasteiger partial charge in [-0.15, -0.1) is 0 Å². The van der Waals surface area contributed by atoms with Crippen LogP contribution in [0.4, 0.5) is 0 Å². The molecular weight excluding hydrogens is 920 g/mol. The molecule has 26 nitrogen and oxygen atoms in total. The third kappa shape index (κ3) is 31.5. The lowest BCUT2D eigenvalue weighted by Gasteiger charge is -2.31. The van der Waals surface area contributed by atoms with Crippen molar-refractivity contribution in [3.05, 3.63) is 12.2 Å². The van der Waals surface area contributed by atoms with Crippen LogP contribution >= 0.6 is 45.6 Å². The Morgan fingerprint density at radius 2 is 1.08 bits per heavy atom. The maximum absolute atomic E-state index is 12.4. The minimum Gasteiger partial charge on any atom is -0.465 e. The molecule has 4 atom stereocenters. The molecule has 0 spiro atoms. The van der Waals surface area contributed by atoms with Crippen LogP contribution in [0.1, 0.15) is 52.9 Å². The molecule has 0 aliphatic carbocycles. The first-order valence-corrected chi connectivity index (χ1v) is 28.2. The SMILES string of the molecule is C=C(C)C(=O)OCCCN(CP(=O)(O)O)CP(=O)(O)O.CCC(CC(C)C(=O)OCCCN1CP(=O)(O)OP(=O)(O)C1)C(=O)OCCCN(CP(=O)(O)O)CP(=O)(O)O. The maximum atomic E-state index is 12.4. The van der Waals surface area contributed by atoms with E-state index in [4.69, 9.17) is 53.4 Å². The molecule has 0 aromatic carbocycles. The first-order valence-electron chi connectivity index (χ1n) is 17.5. The Hall–Kier alpha value is -1.03. The molecule has 1 fully saturated rings. The topological polar surface area (TPSA) is 403 Å². The van der Waals surface area contributed by atoms with E-state index in [2.05, 4.69) is 10.9 Å². The van der Waals surface area contributed by atoms with Gasteiger partial charge >= 0.3 is 63.5 Å². The molecule has 1 saturated heterocycles. The molecule has 0 radical (unpaired) electrons. The lowest BCUT2D eigenvalue weighted by atomic mass is 9.94. The van der Waals surface area contributed by atoms with Gasteiger partial charge in [-0.25, -0.2) is 9.11 Å².